The Morgan fingerprint density at radius 1 is 1.08 bits per heavy atom. The van der Waals surface area contributed by atoms with E-state index in [-0.39, 0.29) is 5.82 Å². The zero-order chi connectivity index (χ0) is 17.7. The number of benzene rings is 2. The molecule has 0 atom stereocenters. The Kier molecular flexibility index (Phi) is 6.60. The van der Waals surface area contributed by atoms with Crippen LogP contribution in [0.2, 0.25) is 0 Å². The molecule has 0 radical (unpaired) electrons. The van der Waals surface area contributed by atoms with Gasteiger partial charge in [-0.15, -0.1) is 0 Å². The molecule has 0 saturated heterocycles. The van der Waals surface area contributed by atoms with Crippen LogP contribution in [-0.2, 0) is 0 Å². The monoisotopic (exact) mass is 440 g/mol. The highest BCUT2D eigenvalue weighted by molar-refractivity contribution is 14.1. The van der Waals surface area contributed by atoms with Crippen LogP contribution in [0.4, 0.5) is 10.1 Å². The van der Waals surface area contributed by atoms with Crippen molar-refractivity contribution in [3.63, 3.8) is 0 Å². The molecule has 0 unspecified atom stereocenters. The van der Waals surface area contributed by atoms with Crippen molar-refractivity contribution in [1.82, 2.24) is 4.90 Å². The number of hydrogen-bond donors (Lipinski definition) is 0. The van der Waals surface area contributed by atoms with Gasteiger partial charge in [0.25, 0.3) is 0 Å². The molecular weight excluding hydrogens is 418 g/mol. The molecule has 128 valence electrons. The van der Waals surface area contributed by atoms with Gasteiger partial charge in [-0.1, -0.05) is 0 Å². The van der Waals surface area contributed by atoms with Crippen molar-refractivity contribution < 1.29 is 9.13 Å². The van der Waals surface area contributed by atoms with Crippen LogP contribution in [0.5, 0.6) is 11.5 Å². The molecule has 0 N–H and O–H groups in total. The van der Waals surface area contributed by atoms with E-state index in [1.165, 1.54) is 12.1 Å². The van der Waals surface area contributed by atoms with Gasteiger partial charge in [-0.2, -0.15) is 0 Å². The fourth-order valence-electron chi connectivity index (χ4n) is 2.27. The third-order valence-electron chi connectivity index (χ3n) is 3.73. The maximum atomic E-state index is 13.5. The summed E-state index contributed by atoms with van der Waals surface area (Å²) in [5.74, 6) is 0.920. The van der Waals surface area contributed by atoms with Gasteiger partial charge in [0.2, 0.25) is 0 Å². The number of hydrogen-bond acceptors (Lipinski definition) is 2. The van der Waals surface area contributed by atoms with E-state index < -0.39 is 0 Å². The molecule has 0 aliphatic heterocycles. The van der Waals surface area contributed by atoms with Crippen molar-refractivity contribution in [3.05, 3.63) is 50.8 Å². The fraction of sp³-hybridized carbons (Fsp3) is 0.316. The van der Waals surface area contributed by atoms with Crippen molar-refractivity contribution in [2.75, 3.05) is 13.1 Å². The number of aliphatic imine (C=N–C) groups is 1. The standard InChI is InChI=1S/C19H22FIN2O/c1-5-23(6-2)12-22-18-7-14(4)19(8-13(18)3)24-17-10-15(20)9-16(21)11-17/h7-12H,5-6H2,1-4H3. The summed E-state index contributed by atoms with van der Waals surface area (Å²) < 4.78 is 20.2. The maximum absolute atomic E-state index is 13.5. The van der Waals surface area contributed by atoms with Crippen molar-refractivity contribution in [1.29, 1.82) is 0 Å². The van der Waals surface area contributed by atoms with Gasteiger partial charge >= 0.3 is 0 Å². The second-order valence-electron chi connectivity index (χ2n) is 5.58. The summed E-state index contributed by atoms with van der Waals surface area (Å²) in [6.07, 6.45) is 1.87. The Bertz CT molecular complexity index is 722. The van der Waals surface area contributed by atoms with Gasteiger partial charge in [0, 0.05) is 22.7 Å². The summed E-state index contributed by atoms with van der Waals surface area (Å²) in [5, 5.41) is 0. The minimum absolute atomic E-state index is 0.299. The predicted molar refractivity (Wildman–Crippen MR) is 106 cm³/mol. The van der Waals surface area contributed by atoms with Gasteiger partial charge in [0.05, 0.1) is 12.0 Å². The van der Waals surface area contributed by atoms with Crippen LogP contribution in [0.15, 0.2) is 35.3 Å². The summed E-state index contributed by atoms with van der Waals surface area (Å²) in [7, 11) is 0. The van der Waals surface area contributed by atoms with Crippen molar-refractivity contribution in [2.24, 2.45) is 4.99 Å². The molecule has 5 heteroatoms. The molecule has 2 aromatic rings. The maximum Gasteiger partial charge on any atom is 0.131 e. The first-order chi connectivity index (χ1) is 11.4. The van der Waals surface area contributed by atoms with Crippen LogP contribution in [0.1, 0.15) is 25.0 Å². The lowest BCUT2D eigenvalue weighted by atomic mass is 10.1. The van der Waals surface area contributed by atoms with Gasteiger partial charge in [-0.05, 0) is 85.7 Å². The SMILES string of the molecule is CCN(C=Nc1cc(C)c(Oc2cc(F)cc(I)c2)cc1C)CC. The molecule has 0 bridgehead atoms. The minimum atomic E-state index is -0.299. The van der Waals surface area contributed by atoms with Crippen LogP contribution < -0.4 is 4.74 Å². The van der Waals surface area contributed by atoms with E-state index in [0.29, 0.717) is 5.75 Å². The molecule has 0 amide bonds. The smallest absolute Gasteiger partial charge is 0.131 e. The lowest BCUT2D eigenvalue weighted by molar-refractivity contribution is 0.472. The van der Waals surface area contributed by atoms with E-state index in [1.807, 2.05) is 38.4 Å². The third-order valence-corrected chi connectivity index (χ3v) is 4.35. The topological polar surface area (TPSA) is 24.8 Å². The van der Waals surface area contributed by atoms with Gasteiger partial charge in [0.1, 0.15) is 17.3 Å². The Hall–Kier alpha value is -1.63. The highest BCUT2D eigenvalue weighted by atomic mass is 127. The quantitative estimate of drug-likeness (QED) is 0.320. The lowest BCUT2D eigenvalue weighted by Crippen LogP contribution is -2.20. The second-order valence-corrected chi connectivity index (χ2v) is 6.82. The van der Waals surface area contributed by atoms with Gasteiger partial charge in [0.15, 0.2) is 0 Å². The number of aryl methyl sites for hydroxylation is 2. The Morgan fingerprint density at radius 3 is 2.42 bits per heavy atom. The van der Waals surface area contributed by atoms with E-state index >= 15 is 0 Å². The molecular formula is C19H22FIN2O. The van der Waals surface area contributed by atoms with Gasteiger partial charge in [-0.3, -0.25) is 0 Å². The number of nitrogens with zero attached hydrogens (tertiary/aromatic N) is 2. The fourth-order valence-corrected chi connectivity index (χ4v) is 2.87. The Labute approximate surface area is 156 Å². The molecule has 0 spiro atoms. The first kappa shape index (κ1) is 18.7. The molecule has 2 rings (SSSR count). The van der Waals surface area contributed by atoms with Crippen LogP contribution in [0.3, 0.4) is 0 Å². The first-order valence-electron chi connectivity index (χ1n) is 7.96. The van der Waals surface area contributed by atoms with E-state index in [0.717, 1.165) is 39.2 Å². The summed E-state index contributed by atoms with van der Waals surface area (Å²) in [6.45, 7) is 10.0. The third kappa shape index (κ3) is 4.93. The van der Waals surface area contributed by atoms with E-state index in [1.54, 1.807) is 0 Å². The average molecular weight is 440 g/mol. The molecule has 0 aromatic heterocycles. The van der Waals surface area contributed by atoms with Gasteiger partial charge < -0.3 is 9.64 Å². The first-order valence-corrected chi connectivity index (χ1v) is 9.04. The van der Waals surface area contributed by atoms with E-state index in [9.17, 15) is 4.39 Å². The second kappa shape index (κ2) is 8.46. The minimum Gasteiger partial charge on any atom is -0.457 e. The lowest BCUT2D eigenvalue weighted by Gasteiger charge is -2.15. The summed E-state index contributed by atoms with van der Waals surface area (Å²) in [6, 6.07) is 8.61. The molecule has 24 heavy (non-hydrogen) atoms. The Balaban J connectivity index is 2.26. The summed E-state index contributed by atoms with van der Waals surface area (Å²) >= 11 is 2.07. The van der Waals surface area contributed by atoms with Crippen LogP contribution in [0, 0.1) is 23.2 Å². The van der Waals surface area contributed by atoms with Gasteiger partial charge in [-0.25, -0.2) is 9.38 Å². The van der Waals surface area contributed by atoms with Crippen molar-refractivity contribution in [3.8, 4) is 11.5 Å². The summed E-state index contributed by atoms with van der Waals surface area (Å²) in [4.78, 5) is 6.70. The molecule has 0 fully saturated rings. The largest absolute Gasteiger partial charge is 0.457 e. The van der Waals surface area contributed by atoms with Crippen LogP contribution in [-0.4, -0.2) is 24.3 Å². The van der Waals surface area contributed by atoms with E-state index in [4.69, 9.17) is 4.74 Å². The van der Waals surface area contributed by atoms with Crippen molar-refractivity contribution >= 4 is 34.6 Å². The normalized spacial score (nSPS) is 11.1. The molecule has 0 aliphatic rings. The van der Waals surface area contributed by atoms with E-state index in [2.05, 4.69) is 46.3 Å². The summed E-state index contributed by atoms with van der Waals surface area (Å²) in [5.41, 5.74) is 2.90. The van der Waals surface area contributed by atoms with Crippen molar-refractivity contribution in [2.45, 2.75) is 27.7 Å². The zero-order valence-electron chi connectivity index (χ0n) is 14.4. The molecule has 0 heterocycles. The molecule has 2 aromatic carbocycles. The molecule has 0 aliphatic carbocycles. The average Bonchev–Trinajstić information content (AvgIpc) is 2.51. The molecule has 0 saturated carbocycles. The highest BCUT2D eigenvalue weighted by Crippen LogP contribution is 2.32. The number of rotatable bonds is 6. The highest BCUT2D eigenvalue weighted by Gasteiger charge is 2.08. The number of halogens is 2. The Morgan fingerprint density at radius 2 is 1.79 bits per heavy atom. The number of ether oxygens (including phenoxy) is 1. The van der Waals surface area contributed by atoms with Crippen LogP contribution in [0.25, 0.3) is 0 Å². The zero-order valence-corrected chi connectivity index (χ0v) is 16.6. The van der Waals surface area contributed by atoms with Crippen LogP contribution >= 0.6 is 22.6 Å². The molecule has 3 nitrogen and oxygen atoms in total. The predicted octanol–water partition coefficient (Wildman–Crippen LogP) is 5.84.